The Morgan fingerprint density at radius 1 is 1.04 bits per heavy atom. The van der Waals surface area contributed by atoms with Gasteiger partial charge in [0.1, 0.15) is 5.00 Å². The number of hydrogen-bond donors (Lipinski definition) is 2. The number of aryl methyl sites for hydroxylation is 2. The lowest BCUT2D eigenvalue weighted by Crippen LogP contribution is -2.18. The van der Waals surface area contributed by atoms with Crippen LogP contribution in [0.3, 0.4) is 0 Å². The van der Waals surface area contributed by atoms with Crippen LogP contribution in [0.2, 0.25) is 0 Å². The second-order valence-corrected chi connectivity index (χ2v) is 7.78. The number of rotatable bonds is 4. The highest BCUT2D eigenvalue weighted by atomic mass is 32.1. The van der Waals surface area contributed by atoms with E-state index < -0.39 is 0 Å². The second kappa shape index (κ2) is 7.40. The molecule has 6 heteroatoms. The Bertz CT molecular complexity index is 989. The van der Waals surface area contributed by atoms with E-state index in [9.17, 15) is 9.59 Å². The Hall–Kier alpha value is -2.86. The number of amides is 2. The van der Waals surface area contributed by atoms with Crippen LogP contribution in [0.4, 0.5) is 10.7 Å². The molecule has 0 fully saturated rings. The number of hydrogen-bond acceptors (Lipinski definition) is 4. The molecule has 0 unspecified atom stereocenters. The quantitative estimate of drug-likeness (QED) is 0.667. The second-order valence-electron chi connectivity index (χ2n) is 6.67. The first-order valence-corrected chi connectivity index (χ1v) is 9.81. The van der Waals surface area contributed by atoms with Gasteiger partial charge in [0.2, 0.25) is 0 Å². The van der Waals surface area contributed by atoms with Crippen LogP contribution < -0.4 is 10.6 Å². The molecule has 2 N–H and O–H groups in total. The molecule has 3 aromatic rings. The smallest absolute Gasteiger partial charge is 0.291 e. The first kappa shape index (κ1) is 17.5. The zero-order chi connectivity index (χ0) is 18.8. The predicted octanol–water partition coefficient (Wildman–Crippen LogP) is 5.03. The van der Waals surface area contributed by atoms with Crippen LogP contribution >= 0.6 is 11.3 Å². The Labute approximate surface area is 161 Å². The van der Waals surface area contributed by atoms with Crippen molar-refractivity contribution in [2.75, 3.05) is 10.6 Å². The lowest BCUT2D eigenvalue weighted by molar-refractivity contribution is 0.0997. The topological polar surface area (TPSA) is 71.3 Å². The summed E-state index contributed by atoms with van der Waals surface area (Å²) in [5.74, 6) is -0.302. The summed E-state index contributed by atoms with van der Waals surface area (Å²) >= 11 is 1.50. The molecule has 0 radical (unpaired) electrons. The Morgan fingerprint density at radius 2 is 1.89 bits per heavy atom. The molecule has 0 atom stereocenters. The molecule has 2 aromatic heterocycles. The minimum atomic E-state index is -0.344. The highest BCUT2D eigenvalue weighted by molar-refractivity contribution is 7.17. The van der Waals surface area contributed by atoms with E-state index >= 15 is 0 Å². The zero-order valence-electron chi connectivity index (χ0n) is 15.0. The van der Waals surface area contributed by atoms with Gasteiger partial charge in [0.15, 0.2) is 5.76 Å². The summed E-state index contributed by atoms with van der Waals surface area (Å²) in [6, 6.07) is 11.0. The molecule has 0 saturated carbocycles. The van der Waals surface area contributed by atoms with Crippen LogP contribution in [0.25, 0.3) is 0 Å². The van der Waals surface area contributed by atoms with E-state index in [-0.39, 0.29) is 17.6 Å². The van der Waals surface area contributed by atoms with Gasteiger partial charge in [-0.3, -0.25) is 9.59 Å². The molecular weight excluding hydrogens is 360 g/mol. The summed E-state index contributed by atoms with van der Waals surface area (Å²) in [6.07, 6.45) is 5.43. The van der Waals surface area contributed by atoms with Crippen LogP contribution in [-0.2, 0) is 12.8 Å². The lowest BCUT2D eigenvalue weighted by Gasteiger charge is -2.13. The van der Waals surface area contributed by atoms with Gasteiger partial charge in [-0.25, -0.2) is 0 Å². The number of nitrogens with one attached hydrogen (secondary N) is 2. The maximum Gasteiger partial charge on any atom is 0.291 e. The van der Waals surface area contributed by atoms with Crippen molar-refractivity contribution in [1.82, 2.24) is 0 Å². The van der Waals surface area contributed by atoms with E-state index in [1.807, 2.05) is 31.2 Å². The van der Waals surface area contributed by atoms with Crippen LogP contribution in [0.1, 0.15) is 49.8 Å². The van der Waals surface area contributed by atoms with E-state index in [0.29, 0.717) is 10.6 Å². The number of carbonyl (C=O) groups is 2. The first-order valence-electron chi connectivity index (χ1n) is 8.99. The van der Waals surface area contributed by atoms with E-state index in [4.69, 9.17) is 4.42 Å². The minimum absolute atomic E-state index is 0.185. The van der Waals surface area contributed by atoms with Gasteiger partial charge >= 0.3 is 0 Å². The van der Waals surface area contributed by atoms with Crippen molar-refractivity contribution in [3.05, 3.63) is 70.0 Å². The van der Waals surface area contributed by atoms with Crippen molar-refractivity contribution in [3.63, 3.8) is 0 Å². The number of benzene rings is 1. The van der Waals surface area contributed by atoms with Gasteiger partial charge in [0, 0.05) is 10.6 Å². The fourth-order valence-electron chi connectivity index (χ4n) is 3.38. The van der Waals surface area contributed by atoms with Crippen molar-refractivity contribution in [2.24, 2.45) is 0 Å². The van der Waals surface area contributed by atoms with Gasteiger partial charge in [-0.05, 0) is 68.0 Å². The molecule has 27 heavy (non-hydrogen) atoms. The van der Waals surface area contributed by atoms with Crippen molar-refractivity contribution < 1.29 is 14.0 Å². The lowest BCUT2D eigenvalue weighted by atomic mass is 9.95. The molecule has 0 spiro atoms. The fourth-order valence-corrected chi connectivity index (χ4v) is 4.66. The van der Waals surface area contributed by atoms with E-state index in [0.717, 1.165) is 42.5 Å². The van der Waals surface area contributed by atoms with Crippen molar-refractivity contribution in [1.29, 1.82) is 0 Å². The largest absolute Gasteiger partial charge is 0.459 e. The number of anilines is 2. The summed E-state index contributed by atoms with van der Waals surface area (Å²) in [5.41, 5.74) is 3.47. The number of fused-ring (bicyclic) bond motifs is 1. The fraction of sp³-hybridized carbons (Fsp3) is 0.238. The highest BCUT2D eigenvalue weighted by Crippen LogP contribution is 2.38. The zero-order valence-corrected chi connectivity index (χ0v) is 15.8. The predicted molar refractivity (Wildman–Crippen MR) is 107 cm³/mol. The third-order valence-corrected chi connectivity index (χ3v) is 5.85. The van der Waals surface area contributed by atoms with Gasteiger partial charge in [-0.15, -0.1) is 11.3 Å². The average Bonchev–Trinajstić information content (AvgIpc) is 3.29. The number of furan rings is 1. The third kappa shape index (κ3) is 3.66. The summed E-state index contributed by atoms with van der Waals surface area (Å²) in [6.45, 7) is 1.98. The molecule has 2 amide bonds. The average molecular weight is 380 g/mol. The Morgan fingerprint density at radius 3 is 2.67 bits per heavy atom. The molecule has 138 valence electrons. The Balaban J connectivity index is 1.66. The van der Waals surface area contributed by atoms with Crippen LogP contribution in [0.5, 0.6) is 0 Å². The molecule has 1 aliphatic rings. The molecule has 0 saturated heterocycles. The molecular formula is C21H20N2O3S. The number of carbonyl (C=O) groups excluding carboxylic acids is 2. The van der Waals surface area contributed by atoms with Gasteiger partial charge < -0.3 is 15.1 Å². The summed E-state index contributed by atoms with van der Waals surface area (Å²) in [5, 5.41) is 6.44. The Kier molecular flexibility index (Phi) is 4.81. The maximum atomic E-state index is 13.1. The molecule has 1 aliphatic carbocycles. The monoisotopic (exact) mass is 380 g/mol. The van der Waals surface area contributed by atoms with E-state index in [2.05, 4.69) is 10.6 Å². The normalized spacial score (nSPS) is 13.1. The molecule has 5 nitrogen and oxygen atoms in total. The summed E-state index contributed by atoms with van der Waals surface area (Å²) in [4.78, 5) is 26.7. The molecule has 1 aromatic carbocycles. The van der Waals surface area contributed by atoms with Crippen molar-refractivity contribution in [3.8, 4) is 0 Å². The van der Waals surface area contributed by atoms with Gasteiger partial charge in [0.25, 0.3) is 11.8 Å². The van der Waals surface area contributed by atoms with Crippen LogP contribution in [0.15, 0.2) is 47.1 Å². The van der Waals surface area contributed by atoms with Gasteiger partial charge in [0.05, 0.1) is 11.8 Å². The molecule has 2 heterocycles. The summed E-state index contributed by atoms with van der Waals surface area (Å²) < 4.78 is 5.17. The van der Waals surface area contributed by atoms with Gasteiger partial charge in [-0.1, -0.05) is 12.1 Å². The summed E-state index contributed by atoms with van der Waals surface area (Å²) in [7, 11) is 0. The standard InChI is InChI=1S/C21H20N2O3S/c1-13-6-4-7-14(12-13)22-20(25)18-15-8-2-3-10-17(15)27-21(18)23-19(24)16-9-5-11-26-16/h4-7,9,11-12H,2-3,8,10H2,1H3,(H,22,25)(H,23,24). The van der Waals surface area contributed by atoms with Crippen molar-refractivity contribution >= 4 is 33.8 Å². The first-order chi connectivity index (χ1) is 13.1. The minimum Gasteiger partial charge on any atom is -0.459 e. The molecule has 0 aliphatic heterocycles. The number of thiophene rings is 1. The molecule has 4 rings (SSSR count). The maximum absolute atomic E-state index is 13.1. The highest BCUT2D eigenvalue weighted by Gasteiger charge is 2.27. The van der Waals surface area contributed by atoms with Crippen molar-refractivity contribution in [2.45, 2.75) is 32.6 Å². The van der Waals surface area contributed by atoms with Crippen LogP contribution in [0, 0.1) is 6.92 Å². The molecule has 0 bridgehead atoms. The van der Waals surface area contributed by atoms with Crippen LogP contribution in [-0.4, -0.2) is 11.8 Å². The van der Waals surface area contributed by atoms with E-state index in [1.165, 1.54) is 22.5 Å². The van der Waals surface area contributed by atoms with Gasteiger partial charge in [-0.2, -0.15) is 0 Å². The third-order valence-electron chi connectivity index (χ3n) is 4.65. The van der Waals surface area contributed by atoms with E-state index in [1.54, 1.807) is 12.1 Å². The SMILES string of the molecule is Cc1cccc(NC(=O)c2c(NC(=O)c3ccco3)sc3c2CCCC3)c1.